The van der Waals surface area contributed by atoms with Crippen molar-refractivity contribution in [2.45, 2.75) is 38.8 Å². The minimum Gasteiger partial charge on any atom is -0.444 e. The fourth-order valence-electron chi connectivity index (χ4n) is 1.60. The maximum atomic E-state index is 12.5. The van der Waals surface area contributed by atoms with Crippen molar-refractivity contribution in [1.29, 1.82) is 0 Å². The first-order chi connectivity index (χ1) is 7.20. The lowest BCUT2D eigenvalue weighted by Crippen LogP contribution is -2.36. The van der Waals surface area contributed by atoms with Crippen LogP contribution in [0.1, 0.15) is 20.8 Å². The van der Waals surface area contributed by atoms with E-state index in [1.807, 2.05) is 0 Å². The van der Waals surface area contributed by atoms with Crippen molar-refractivity contribution in [2.24, 2.45) is 11.7 Å². The van der Waals surface area contributed by atoms with Gasteiger partial charge in [0.15, 0.2) is 0 Å². The molecule has 0 unspecified atom stereocenters. The molecule has 1 fully saturated rings. The number of amides is 1. The Morgan fingerprint density at radius 1 is 1.44 bits per heavy atom. The molecule has 0 aromatic rings. The quantitative estimate of drug-likeness (QED) is 0.749. The Kier molecular flexibility index (Phi) is 3.72. The third-order valence-electron chi connectivity index (χ3n) is 2.39. The predicted molar refractivity (Wildman–Crippen MR) is 55.3 cm³/mol. The Bertz CT molecular complexity index is 266. The number of likely N-dealkylation sites (tertiary alicyclic amines) is 1. The van der Waals surface area contributed by atoms with Crippen LogP contribution < -0.4 is 5.73 Å². The SMILES string of the molecule is CC(C)(C)OC(=O)N1C[C@@H](N)[C@H](C(F)F)C1. The lowest BCUT2D eigenvalue weighted by molar-refractivity contribution is 0.0254. The first kappa shape index (κ1) is 13.2. The van der Waals surface area contributed by atoms with E-state index in [4.69, 9.17) is 10.5 Å². The Hall–Kier alpha value is -0.910. The van der Waals surface area contributed by atoms with E-state index < -0.39 is 30.1 Å². The Morgan fingerprint density at radius 3 is 2.38 bits per heavy atom. The van der Waals surface area contributed by atoms with Crippen molar-refractivity contribution < 1.29 is 18.3 Å². The van der Waals surface area contributed by atoms with Gasteiger partial charge in [-0.05, 0) is 20.8 Å². The fraction of sp³-hybridized carbons (Fsp3) is 0.900. The lowest BCUT2D eigenvalue weighted by atomic mass is 10.1. The molecule has 1 saturated heterocycles. The van der Waals surface area contributed by atoms with E-state index in [1.54, 1.807) is 20.8 Å². The van der Waals surface area contributed by atoms with E-state index in [-0.39, 0.29) is 13.1 Å². The van der Waals surface area contributed by atoms with Crippen LogP contribution in [0.4, 0.5) is 13.6 Å². The van der Waals surface area contributed by atoms with Gasteiger partial charge in [-0.1, -0.05) is 0 Å². The second kappa shape index (κ2) is 4.53. The third kappa shape index (κ3) is 3.30. The molecule has 1 aliphatic rings. The van der Waals surface area contributed by atoms with Crippen LogP contribution in [0.3, 0.4) is 0 Å². The summed E-state index contributed by atoms with van der Waals surface area (Å²) in [5, 5.41) is 0. The van der Waals surface area contributed by atoms with Crippen molar-refractivity contribution in [3.63, 3.8) is 0 Å². The van der Waals surface area contributed by atoms with E-state index in [9.17, 15) is 13.6 Å². The average molecular weight is 236 g/mol. The first-order valence-electron chi connectivity index (χ1n) is 5.22. The molecule has 0 aromatic carbocycles. The van der Waals surface area contributed by atoms with Crippen molar-refractivity contribution >= 4 is 6.09 Å². The Morgan fingerprint density at radius 2 is 2.00 bits per heavy atom. The van der Waals surface area contributed by atoms with E-state index >= 15 is 0 Å². The first-order valence-corrected chi connectivity index (χ1v) is 5.22. The number of halogens is 2. The topological polar surface area (TPSA) is 55.6 Å². The number of nitrogens with zero attached hydrogens (tertiary/aromatic N) is 1. The zero-order chi connectivity index (χ0) is 12.5. The smallest absolute Gasteiger partial charge is 0.410 e. The van der Waals surface area contributed by atoms with Crippen LogP contribution in [0, 0.1) is 5.92 Å². The normalized spacial score (nSPS) is 26.3. The van der Waals surface area contributed by atoms with Crippen LogP contribution >= 0.6 is 0 Å². The highest BCUT2D eigenvalue weighted by Crippen LogP contribution is 2.23. The molecule has 0 saturated carbocycles. The minimum atomic E-state index is -2.50. The fourth-order valence-corrected chi connectivity index (χ4v) is 1.60. The minimum absolute atomic E-state index is 0.0340. The molecular formula is C10H18F2N2O2. The van der Waals surface area contributed by atoms with Crippen LogP contribution in [-0.4, -0.2) is 42.2 Å². The third-order valence-corrected chi connectivity index (χ3v) is 2.39. The van der Waals surface area contributed by atoms with Crippen LogP contribution in [0.2, 0.25) is 0 Å². The van der Waals surface area contributed by atoms with Gasteiger partial charge in [0.1, 0.15) is 5.60 Å². The molecule has 4 nitrogen and oxygen atoms in total. The van der Waals surface area contributed by atoms with Crippen LogP contribution in [0.5, 0.6) is 0 Å². The molecule has 1 heterocycles. The van der Waals surface area contributed by atoms with E-state index in [2.05, 4.69) is 0 Å². The van der Waals surface area contributed by atoms with E-state index in [0.29, 0.717) is 0 Å². The Balaban J connectivity index is 2.55. The largest absolute Gasteiger partial charge is 0.444 e. The van der Waals surface area contributed by atoms with Crippen molar-refractivity contribution in [3.8, 4) is 0 Å². The van der Waals surface area contributed by atoms with Crippen molar-refractivity contribution in [2.75, 3.05) is 13.1 Å². The maximum Gasteiger partial charge on any atom is 0.410 e. The molecule has 2 atom stereocenters. The highest BCUT2D eigenvalue weighted by atomic mass is 19.3. The lowest BCUT2D eigenvalue weighted by Gasteiger charge is -2.24. The molecule has 1 amide bonds. The highest BCUT2D eigenvalue weighted by Gasteiger charge is 2.39. The number of hydrogen-bond acceptors (Lipinski definition) is 3. The van der Waals surface area contributed by atoms with Crippen LogP contribution in [0.25, 0.3) is 0 Å². The molecule has 0 spiro atoms. The van der Waals surface area contributed by atoms with Gasteiger partial charge in [0.25, 0.3) is 0 Å². The monoisotopic (exact) mass is 236 g/mol. The molecule has 1 aliphatic heterocycles. The molecule has 0 aliphatic carbocycles. The average Bonchev–Trinajstić information content (AvgIpc) is 2.44. The van der Waals surface area contributed by atoms with Gasteiger partial charge in [0, 0.05) is 19.1 Å². The molecule has 2 N–H and O–H groups in total. The molecule has 0 aromatic heterocycles. The molecular weight excluding hydrogens is 218 g/mol. The summed E-state index contributed by atoms with van der Waals surface area (Å²) in [7, 11) is 0. The Labute approximate surface area is 93.7 Å². The number of hydrogen-bond donors (Lipinski definition) is 1. The molecule has 0 bridgehead atoms. The molecule has 16 heavy (non-hydrogen) atoms. The maximum absolute atomic E-state index is 12.5. The van der Waals surface area contributed by atoms with Gasteiger partial charge in [-0.15, -0.1) is 0 Å². The van der Waals surface area contributed by atoms with Crippen molar-refractivity contribution in [1.82, 2.24) is 4.90 Å². The standard InChI is InChI=1S/C10H18F2N2O2/c1-10(2,3)16-9(15)14-4-6(8(11)12)7(13)5-14/h6-8H,4-5,13H2,1-3H3/t6-,7-/m1/s1. The number of carbonyl (C=O) groups is 1. The number of ether oxygens (including phenoxy) is 1. The molecule has 94 valence electrons. The summed E-state index contributed by atoms with van der Waals surface area (Å²) in [6, 6.07) is -0.674. The number of carbonyl (C=O) groups excluding carboxylic acids is 1. The summed E-state index contributed by atoms with van der Waals surface area (Å²) >= 11 is 0. The van der Waals surface area contributed by atoms with Gasteiger partial charge in [0.2, 0.25) is 6.43 Å². The van der Waals surface area contributed by atoms with E-state index in [0.717, 1.165) is 0 Å². The summed E-state index contributed by atoms with van der Waals surface area (Å²) in [5.41, 5.74) is 4.92. The van der Waals surface area contributed by atoms with Gasteiger partial charge >= 0.3 is 6.09 Å². The van der Waals surface area contributed by atoms with E-state index in [1.165, 1.54) is 4.90 Å². The number of alkyl halides is 2. The number of nitrogens with two attached hydrogens (primary N) is 1. The summed E-state index contributed by atoms with van der Waals surface area (Å²) in [6.07, 6.45) is -3.08. The molecule has 6 heteroatoms. The van der Waals surface area contributed by atoms with Crippen LogP contribution in [0.15, 0.2) is 0 Å². The predicted octanol–water partition coefficient (Wildman–Crippen LogP) is 1.45. The summed E-state index contributed by atoms with van der Waals surface area (Å²) < 4.78 is 30.1. The summed E-state index contributed by atoms with van der Waals surface area (Å²) in [5.74, 6) is -0.951. The van der Waals surface area contributed by atoms with Gasteiger partial charge in [-0.3, -0.25) is 0 Å². The molecule has 0 radical (unpaired) electrons. The van der Waals surface area contributed by atoms with Crippen molar-refractivity contribution in [3.05, 3.63) is 0 Å². The van der Waals surface area contributed by atoms with Gasteiger partial charge in [-0.25, -0.2) is 13.6 Å². The molecule has 1 rings (SSSR count). The summed E-state index contributed by atoms with van der Waals surface area (Å²) in [4.78, 5) is 12.8. The summed E-state index contributed by atoms with van der Waals surface area (Å²) in [6.45, 7) is 5.28. The van der Waals surface area contributed by atoms with Gasteiger partial charge in [0.05, 0.1) is 5.92 Å². The second-order valence-corrected chi connectivity index (χ2v) is 5.05. The second-order valence-electron chi connectivity index (χ2n) is 5.05. The highest BCUT2D eigenvalue weighted by molar-refractivity contribution is 5.68. The number of rotatable bonds is 1. The zero-order valence-corrected chi connectivity index (χ0v) is 9.74. The van der Waals surface area contributed by atoms with Gasteiger partial charge in [-0.2, -0.15) is 0 Å². The van der Waals surface area contributed by atoms with Crippen LogP contribution in [-0.2, 0) is 4.74 Å². The van der Waals surface area contributed by atoms with Gasteiger partial charge < -0.3 is 15.4 Å². The zero-order valence-electron chi connectivity index (χ0n) is 9.74.